The monoisotopic (exact) mass is 299 g/mol. The Bertz CT molecular complexity index is 558. The van der Waals surface area contributed by atoms with E-state index in [1.165, 1.54) is 12.8 Å². The average molecular weight is 299 g/mol. The van der Waals surface area contributed by atoms with Crippen molar-refractivity contribution in [3.05, 3.63) is 11.8 Å². The predicted molar refractivity (Wildman–Crippen MR) is 74.7 cm³/mol. The number of likely N-dealkylation sites (N-methyl/N-ethyl adjacent to an activating group) is 1. The first-order valence-electron chi connectivity index (χ1n) is 7.01. The van der Waals surface area contributed by atoms with Gasteiger partial charge in [-0.3, -0.25) is 5.10 Å². The molecule has 1 aromatic heterocycles. The van der Waals surface area contributed by atoms with Crippen LogP contribution in [-0.2, 0) is 16.6 Å². The lowest BCUT2D eigenvalue weighted by Crippen LogP contribution is -2.47. The molecule has 1 saturated carbocycles. The molecule has 2 N–H and O–H groups in total. The van der Waals surface area contributed by atoms with Crippen LogP contribution in [0.25, 0.3) is 0 Å². The zero-order valence-electron chi connectivity index (χ0n) is 11.7. The van der Waals surface area contributed by atoms with Crippen LogP contribution in [0.2, 0.25) is 0 Å². The third-order valence-corrected chi connectivity index (χ3v) is 5.81. The third kappa shape index (κ3) is 2.88. The summed E-state index contributed by atoms with van der Waals surface area (Å²) in [4.78, 5) is 2.13. The molecule has 20 heavy (non-hydrogen) atoms. The first-order valence-corrected chi connectivity index (χ1v) is 8.45. The van der Waals surface area contributed by atoms with Crippen LogP contribution in [0.15, 0.2) is 11.2 Å². The number of nitrogens with zero attached hydrogens (tertiary/aromatic N) is 3. The molecule has 0 radical (unpaired) electrons. The maximum absolute atomic E-state index is 12.6. The first-order chi connectivity index (χ1) is 9.57. The number of aromatic nitrogens is 2. The fourth-order valence-corrected chi connectivity index (χ4v) is 3.87. The Morgan fingerprint density at radius 1 is 1.35 bits per heavy atom. The number of piperazine rings is 1. The summed E-state index contributed by atoms with van der Waals surface area (Å²) in [5.74, 6) is 0. The maximum Gasteiger partial charge on any atom is 0.260 e. The number of H-pyrrole nitrogens is 1. The van der Waals surface area contributed by atoms with E-state index < -0.39 is 10.0 Å². The summed E-state index contributed by atoms with van der Waals surface area (Å²) < 4.78 is 26.8. The highest BCUT2D eigenvalue weighted by atomic mass is 32.2. The van der Waals surface area contributed by atoms with E-state index in [1.54, 1.807) is 10.5 Å². The highest BCUT2D eigenvalue weighted by Gasteiger charge is 2.31. The number of rotatable bonds is 5. The van der Waals surface area contributed by atoms with Gasteiger partial charge in [0, 0.05) is 44.3 Å². The second-order valence-corrected chi connectivity index (χ2v) is 7.46. The van der Waals surface area contributed by atoms with Crippen molar-refractivity contribution in [2.75, 3.05) is 33.2 Å². The van der Waals surface area contributed by atoms with Crippen molar-refractivity contribution in [1.82, 2.24) is 24.7 Å². The molecule has 0 atom stereocenters. The molecule has 2 heterocycles. The smallest absolute Gasteiger partial charge is 0.260 e. The topological polar surface area (TPSA) is 81.3 Å². The summed E-state index contributed by atoms with van der Waals surface area (Å²) in [5, 5.41) is 10.2. The Kier molecular flexibility index (Phi) is 3.80. The summed E-state index contributed by atoms with van der Waals surface area (Å²) in [6.07, 6.45) is 3.97. The lowest BCUT2D eigenvalue weighted by Gasteiger charge is -2.31. The number of nitrogens with one attached hydrogen (secondary N) is 2. The Morgan fingerprint density at radius 3 is 2.70 bits per heavy atom. The highest BCUT2D eigenvalue weighted by molar-refractivity contribution is 7.89. The second-order valence-electron chi connectivity index (χ2n) is 5.59. The molecule has 112 valence electrons. The zero-order valence-corrected chi connectivity index (χ0v) is 12.5. The summed E-state index contributed by atoms with van der Waals surface area (Å²) >= 11 is 0. The third-order valence-electron chi connectivity index (χ3n) is 3.90. The minimum absolute atomic E-state index is 0.246. The molecule has 2 fully saturated rings. The van der Waals surface area contributed by atoms with Gasteiger partial charge in [-0.15, -0.1) is 0 Å². The van der Waals surface area contributed by atoms with Crippen LogP contribution in [0.4, 0.5) is 0 Å². The summed E-state index contributed by atoms with van der Waals surface area (Å²) in [6.45, 7) is 3.16. The van der Waals surface area contributed by atoms with Crippen molar-refractivity contribution in [2.24, 2.45) is 0 Å². The van der Waals surface area contributed by atoms with Gasteiger partial charge in [0.05, 0.1) is 6.20 Å². The van der Waals surface area contributed by atoms with Gasteiger partial charge in [-0.1, -0.05) is 0 Å². The first kappa shape index (κ1) is 14.0. The number of sulfonamides is 1. The van der Waals surface area contributed by atoms with Crippen molar-refractivity contribution in [1.29, 1.82) is 0 Å². The van der Waals surface area contributed by atoms with E-state index >= 15 is 0 Å². The lowest BCUT2D eigenvalue weighted by atomic mass is 10.3. The molecule has 0 aromatic carbocycles. The van der Waals surface area contributed by atoms with Gasteiger partial charge in [-0.25, -0.2) is 8.42 Å². The number of hydrogen-bond acceptors (Lipinski definition) is 5. The van der Waals surface area contributed by atoms with E-state index in [1.807, 2.05) is 7.05 Å². The van der Waals surface area contributed by atoms with Gasteiger partial charge < -0.3 is 10.2 Å². The van der Waals surface area contributed by atoms with Crippen LogP contribution < -0.4 is 5.32 Å². The molecule has 0 bridgehead atoms. The molecule has 0 spiro atoms. The van der Waals surface area contributed by atoms with Gasteiger partial charge >= 0.3 is 0 Å². The fourth-order valence-electron chi connectivity index (χ4n) is 2.35. The van der Waals surface area contributed by atoms with E-state index in [4.69, 9.17) is 0 Å². The predicted octanol–water partition coefficient (Wildman–Crippen LogP) is -0.402. The van der Waals surface area contributed by atoms with Crippen LogP contribution in [0.1, 0.15) is 18.4 Å². The zero-order chi connectivity index (χ0) is 14.2. The van der Waals surface area contributed by atoms with Crippen LogP contribution in [0.5, 0.6) is 0 Å². The molecule has 1 aliphatic carbocycles. The van der Waals surface area contributed by atoms with Crippen molar-refractivity contribution in [2.45, 2.75) is 30.5 Å². The molecule has 1 saturated heterocycles. The van der Waals surface area contributed by atoms with Gasteiger partial charge in [-0.05, 0) is 19.9 Å². The average Bonchev–Trinajstić information content (AvgIpc) is 3.13. The molecule has 1 aromatic rings. The molecule has 1 aliphatic heterocycles. The van der Waals surface area contributed by atoms with Crippen molar-refractivity contribution in [3.8, 4) is 0 Å². The second kappa shape index (κ2) is 5.44. The minimum atomic E-state index is -3.45. The van der Waals surface area contributed by atoms with Crippen molar-refractivity contribution >= 4 is 10.0 Å². The SMILES string of the molecule is CN1CCN(S(=O)(=O)c2[nH]ncc2CNC2CC2)CC1. The van der Waals surface area contributed by atoms with E-state index in [9.17, 15) is 8.42 Å². The Hall–Kier alpha value is -0.960. The molecule has 0 amide bonds. The van der Waals surface area contributed by atoms with E-state index in [2.05, 4.69) is 20.4 Å². The molecular formula is C12H21N5O2S. The van der Waals surface area contributed by atoms with Crippen LogP contribution in [0, 0.1) is 0 Å². The number of hydrogen-bond donors (Lipinski definition) is 2. The fraction of sp³-hybridized carbons (Fsp3) is 0.750. The Labute approximate surface area is 119 Å². The summed E-state index contributed by atoms with van der Waals surface area (Å²) in [5.41, 5.74) is 0.732. The summed E-state index contributed by atoms with van der Waals surface area (Å²) in [6, 6.07) is 0.545. The van der Waals surface area contributed by atoms with Crippen molar-refractivity contribution in [3.63, 3.8) is 0 Å². The highest BCUT2D eigenvalue weighted by Crippen LogP contribution is 2.22. The van der Waals surface area contributed by atoms with E-state index in [0.29, 0.717) is 25.7 Å². The molecular weight excluding hydrogens is 278 g/mol. The normalized spacial score (nSPS) is 22.2. The number of aromatic amines is 1. The van der Waals surface area contributed by atoms with E-state index in [-0.39, 0.29) is 5.03 Å². The maximum atomic E-state index is 12.6. The largest absolute Gasteiger partial charge is 0.310 e. The molecule has 2 aliphatic rings. The van der Waals surface area contributed by atoms with Crippen LogP contribution in [0.3, 0.4) is 0 Å². The lowest BCUT2D eigenvalue weighted by molar-refractivity contribution is 0.222. The van der Waals surface area contributed by atoms with Crippen LogP contribution >= 0.6 is 0 Å². The van der Waals surface area contributed by atoms with Gasteiger partial charge in [0.15, 0.2) is 5.03 Å². The molecule has 0 unspecified atom stereocenters. The quantitative estimate of drug-likeness (QED) is 0.773. The molecule has 3 rings (SSSR count). The van der Waals surface area contributed by atoms with Gasteiger partial charge in [0.2, 0.25) is 0 Å². The van der Waals surface area contributed by atoms with Gasteiger partial charge in [0.1, 0.15) is 0 Å². The van der Waals surface area contributed by atoms with Crippen LogP contribution in [-0.4, -0.2) is 67.1 Å². The summed E-state index contributed by atoms with van der Waals surface area (Å²) in [7, 11) is -1.45. The molecule has 8 heteroatoms. The molecule has 7 nitrogen and oxygen atoms in total. The Balaban J connectivity index is 1.74. The standard InChI is InChI=1S/C12H21N5O2S/c1-16-4-6-17(7-5-16)20(18,19)12-10(9-14-15-12)8-13-11-2-3-11/h9,11,13H,2-8H2,1H3,(H,14,15). The van der Waals surface area contributed by atoms with E-state index in [0.717, 1.165) is 18.7 Å². The van der Waals surface area contributed by atoms with Crippen molar-refractivity contribution < 1.29 is 8.42 Å². The van der Waals surface area contributed by atoms with Gasteiger partial charge in [-0.2, -0.15) is 9.40 Å². The van der Waals surface area contributed by atoms with Gasteiger partial charge in [0.25, 0.3) is 10.0 Å². The Morgan fingerprint density at radius 2 is 2.05 bits per heavy atom. The minimum Gasteiger partial charge on any atom is -0.310 e.